The van der Waals surface area contributed by atoms with Crippen LogP contribution in [-0.2, 0) is 18.9 Å². The van der Waals surface area contributed by atoms with Crippen molar-refractivity contribution < 1.29 is 83.9 Å². The Bertz CT molecular complexity index is 1730. The maximum absolute atomic E-state index is 14.0. The molecule has 13 atom stereocenters. The maximum atomic E-state index is 14.0. The number of benzene rings is 2. The summed E-state index contributed by atoms with van der Waals surface area (Å²) < 4.78 is 39.6. The number of aromatic hydroxyl groups is 2. The summed E-state index contributed by atoms with van der Waals surface area (Å²) in [5.74, 6) is -1.79. The Kier molecular flexibility index (Phi) is 10.0. The van der Waals surface area contributed by atoms with Crippen LogP contribution >= 0.6 is 0 Å². The Morgan fingerprint density at radius 2 is 1.46 bits per heavy atom. The lowest BCUT2D eigenvalue weighted by Gasteiger charge is -2.42. The summed E-state index contributed by atoms with van der Waals surface area (Å²) in [6, 6.07) is 7.55. The number of phenols is 2. The van der Waals surface area contributed by atoms with Crippen LogP contribution in [0.15, 0.2) is 45.6 Å². The summed E-state index contributed by atoms with van der Waals surface area (Å²) in [5.41, 5.74) is -3.03. The molecule has 50 heavy (non-hydrogen) atoms. The first-order chi connectivity index (χ1) is 23.6. The van der Waals surface area contributed by atoms with Gasteiger partial charge < -0.3 is 83.9 Å². The van der Waals surface area contributed by atoms with Crippen LogP contribution in [0.4, 0.5) is 0 Å². The molecule has 0 bridgehead atoms. The van der Waals surface area contributed by atoms with Gasteiger partial charge in [0.1, 0.15) is 76.5 Å². The normalized spacial score (nSPS) is 37.6. The van der Waals surface area contributed by atoms with E-state index in [9.17, 15) is 55.9 Å². The molecule has 0 aliphatic carbocycles. The second-order valence-electron chi connectivity index (χ2n) is 12.5. The van der Waals surface area contributed by atoms with Gasteiger partial charge in [0, 0.05) is 17.7 Å². The summed E-state index contributed by atoms with van der Waals surface area (Å²) >= 11 is 0. The van der Waals surface area contributed by atoms with Crippen LogP contribution in [0.3, 0.4) is 0 Å². The largest absolute Gasteiger partial charge is 0.508 e. The van der Waals surface area contributed by atoms with Gasteiger partial charge in [0.2, 0.25) is 23.8 Å². The zero-order valence-electron chi connectivity index (χ0n) is 26.5. The molecule has 1 aromatic heterocycles. The molecule has 3 saturated heterocycles. The average molecular weight is 711 g/mol. The molecule has 3 aliphatic heterocycles. The number of aliphatic hydroxyl groups excluding tert-OH is 7. The zero-order valence-corrected chi connectivity index (χ0v) is 26.5. The van der Waals surface area contributed by atoms with Crippen molar-refractivity contribution in [2.45, 2.75) is 93.3 Å². The molecule has 4 heterocycles. The van der Waals surface area contributed by atoms with Crippen molar-refractivity contribution in [3.63, 3.8) is 0 Å². The van der Waals surface area contributed by atoms with Crippen molar-refractivity contribution >= 4 is 11.0 Å². The van der Waals surface area contributed by atoms with Gasteiger partial charge in [0.25, 0.3) is 0 Å². The van der Waals surface area contributed by atoms with Gasteiger partial charge in [-0.15, -0.1) is 0 Å². The standard InChI is InChI=1S/C32H38O18/c1-11-19(36)21(38)23(40)29(45-11)47-15-7-16(35)18-17(8-15)48-26(13-3-5-14(34)6-4-13)27(20(18)37)50-30-24(41)22(39)25(12(2)46-30)49-31-28(42)32(43,9-33)10-44-31/h3-8,11-12,19,21-25,28-31,33-36,38-43H,9-10H2,1-2H3. The molecule has 18 nitrogen and oxygen atoms in total. The van der Waals surface area contributed by atoms with E-state index < -0.39 is 115 Å². The van der Waals surface area contributed by atoms with E-state index in [1.165, 1.54) is 44.2 Å². The molecule has 13 unspecified atom stereocenters. The first-order valence-electron chi connectivity index (χ1n) is 15.6. The number of rotatable bonds is 8. The summed E-state index contributed by atoms with van der Waals surface area (Å²) in [4.78, 5) is 14.0. The number of aliphatic hydroxyl groups is 8. The van der Waals surface area contributed by atoms with Crippen LogP contribution in [0.25, 0.3) is 22.3 Å². The second kappa shape index (κ2) is 13.8. The van der Waals surface area contributed by atoms with Gasteiger partial charge in [0.05, 0.1) is 25.4 Å². The molecule has 274 valence electrons. The van der Waals surface area contributed by atoms with E-state index in [0.717, 1.165) is 6.07 Å². The van der Waals surface area contributed by atoms with E-state index in [-0.39, 0.29) is 28.4 Å². The van der Waals surface area contributed by atoms with Gasteiger partial charge >= 0.3 is 0 Å². The summed E-state index contributed by atoms with van der Waals surface area (Å²) in [7, 11) is 0. The van der Waals surface area contributed by atoms with E-state index in [1.807, 2.05) is 0 Å². The Morgan fingerprint density at radius 1 is 0.820 bits per heavy atom. The van der Waals surface area contributed by atoms with E-state index >= 15 is 0 Å². The highest BCUT2D eigenvalue weighted by molar-refractivity contribution is 5.88. The van der Waals surface area contributed by atoms with Gasteiger partial charge in [-0.1, -0.05) is 0 Å². The fourth-order valence-corrected chi connectivity index (χ4v) is 5.95. The molecule has 0 saturated carbocycles. The monoisotopic (exact) mass is 710 g/mol. The minimum absolute atomic E-state index is 0.122. The lowest BCUT2D eigenvalue weighted by atomic mass is 9.98. The van der Waals surface area contributed by atoms with Gasteiger partial charge in [-0.05, 0) is 38.1 Å². The first kappa shape index (κ1) is 36.2. The van der Waals surface area contributed by atoms with Crippen LogP contribution < -0.4 is 14.9 Å². The molecule has 10 N–H and O–H groups in total. The zero-order chi connectivity index (χ0) is 36.2. The Hall–Kier alpha value is -3.63. The molecular weight excluding hydrogens is 672 g/mol. The molecule has 6 rings (SSSR count). The Balaban J connectivity index is 1.31. The molecule has 3 aliphatic rings. The van der Waals surface area contributed by atoms with Crippen molar-refractivity contribution in [1.29, 1.82) is 0 Å². The molecule has 0 amide bonds. The van der Waals surface area contributed by atoms with Crippen LogP contribution in [0.2, 0.25) is 0 Å². The van der Waals surface area contributed by atoms with Crippen LogP contribution in [0.5, 0.6) is 23.0 Å². The third kappa shape index (κ3) is 6.49. The van der Waals surface area contributed by atoms with Gasteiger partial charge in [-0.3, -0.25) is 4.79 Å². The Labute approximate surface area is 282 Å². The van der Waals surface area contributed by atoms with Crippen LogP contribution in [0.1, 0.15) is 13.8 Å². The summed E-state index contributed by atoms with van der Waals surface area (Å²) in [6.45, 7) is 1.58. The molecule has 0 spiro atoms. The second-order valence-corrected chi connectivity index (χ2v) is 12.5. The maximum Gasteiger partial charge on any atom is 0.239 e. The molecule has 3 fully saturated rings. The van der Waals surface area contributed by atoms with Gasteiger partial charge in [-0.2, -0.15) is 0 Å². The highest BCUT2D eigenvalue weighted by Crippen LogP contribution is 2.39. The van der Waals surface area contributed by atoms with Gasteiger partial charge in [-0.25, -0.2) is 0 Å². The molecule has 0 radical (unpaired) electrons. The minimum atomic E-state index is -2.01. The third-order valence-electron chi connectivity index (χ3n) is 8.98. The number of phenolic OH excluding ortho intramolecular Hbond substituents is 2. The van der Waals surface area contributed by atoms with Crippen molar-refractivity contribution in [2.75, 3.05) is 13.2 Å². The van der Waals surface area contributed by atoms with E-state index in [4.69, 9.17) is 32.8 Å². The van der Waals surface area contributed by atoms with Crippen molar-refractivity contribution in [3.05, 3.63) is 46.6 Å². The molecular formula is C32H38O18. The van der Waals surface area contributed by atoms with E-state index in [1.54, 1.807) is 0 Å². The first-order valence-corrected chi connectivity index (χ1v) is 15.6. The topological polar surface area (TPSA) is 288 Å². The lowest BCUT2D eigenvalue weighted by Crippen LogP contribution is -2.60. The summed E-state index contributed by atoms with van der Waals surface area (Å²) in [6.07, 6.45) is -18.1. The molecule has 3 aromatic rings. The smallest absolute Gasteiger partial charge is 0.239 e. The highest BCUT2D eigenvalue weighted by Gasteiger charge is 2.53. The minimum Gasteiger partial charge on any atom is -0.508 e. The van der Waals surface area contributed by atoms with Gasteiger partial charge in [0.15, 0.2) is 12.1 Å². The fraction of sp³-hybridized carbons (Fsp3) is 0.531. The number of fused-ring (bicyclic) bond motifs is 1. The van der Waals surface area contributed by atoms with Crippen LogP contribution in [-0.4, -0.2) is 144 Å². The quantitative estimate of drug-likeness (QED) is 0.118. The predicted molar refractivity (Wildman–Crippen MR) is 164 cm³/mol. The number of ether oxygens (including phenoxy) is 6. The number of hydrogen-bond donors (Lipinski definition) is 10. The van der Waals surface area contributed by atoms with Crippen molar-refractivity contribution in [2.24, 2.45) is 0 Å². The van der Waals surface area contributed by atoms with Crippen molar-refractivity contribution in [3.8, 4) is 34.3 Å². The third-order valence-corrected chi connectivity index (χ3v) is 8.98. The fourth-order valence-electron chi connectivity index (χ4n) is 5.95. The van der Waals surface area contributed by atoms with Crippen molar-refractivity contribution in [1.82, 2.24) is 0 Å². The summed E-state index contributed by atoms with van der Waals surface area (Å²) in [5, 5.41) is 103. The lowest BCUT2D eigenvalue weighted by molar-refractivity contribution is -0.306. The van der Waals surface area contributed by atoms with E-state index in [0.29, 0.717) is 0 Å². The highest BCUT2D eigenvalue weighted by atomic mass is 16.7. The molecule has 18 heteroatoms. The SMILES string of the molecule is CC1OC(Oc2cc(O)c3c(=O)c(OC4OC(C)C(OC5OCC(O)(CO)C5O)C(O)C4O)c(-c4ccc(O)cc4)oc3c2)C(O)C(O)C1O. The van der Waals surface area contributed by atoms with Crippen LogP contribution in [0, 0.1) is 0 Å². The average Bonchev–Trinajstić information content (AvgIpc) is 3.37. The van der Waals surface area contributed by atoms with E-state index in [2.05, 4.69) is 0 Å². The molecule has 2 aromatic carbocycles. The number of hydrogen-bond acceptors (Lipinski definition) is 18. The predicted octanol–water partition coefficient (Wildman–Crippen LogP) is -2.25. The Morgan fingerprint density at radius 3 is 2.12 bits per heavy atom.